The minimum Gasteiger partial charge on any atom is -0.426 e. The van der Waals surface area contributed by atoms with Gasteiger partial charge in [0.2, 0.25) is 0 Å². The van der Waals surface area contributed by atoms with Gasteiger partial charge in [-0.2, -0.15) is 0 Å². The van der Waals surface area contributed by atoms with E-state index < -0.39 is 0 Å². The monoisotopic (exact) mass is 290 g/mol. The Bertz CT molecular complexity index is 612. The fourth-order valence-corrected chi connectivity index (χ4v) is 1.73. The van der Waals surface area contributed by atoms with Crippen LogP contribution in [-0.2, 0) is 4.79 Å². The number of nitrogens with one attached hydrogen (secondary N) is 1. The molecule has 0 aromatic heterocycles. The molecule has 0 aliphatic carbocycles. The minimum absolute atomic E-state index is 0.285. The largest absolute Gasteiger partial charge is 0.426 e. The molecule has 104 valence electrons. The molecule has 0 fully saturated rings. The lowest BCUT2D eigenvalue weighted by Crippen LogP contribution is -2.06. The van der Waals surface area contributed by atoms with E-state index in [9.17, 15) is 4.79 Å². The van der Waals surface area contributed by atoms with Gasteiger partial charge in [-0.25, -0.2) is 0 Å². The summed E-state index contributed by atoms with van der Waals surface area (Å²) in [6, 6.07) is 12.3. The highest BCUT2D eigenvalue weighted by Gasteiger charge is 2.06. The van der Waals surface area contributed by atoms with Crippen LogP contribution >= 0.6 is 11.6 Å². The van der Waals surface area contributed by atoms with Gasteiger partial charge >= 0.3 is 5.97 Å². The van der Waals surface area contributed by atoms with Crippen molar-refractivity contribution in [3.05, 3.63) is 47.5 Å². The quantitative estimate of drug-likeness (QED) is 0.508. The number of anilines is 3. The van der Waals surface area contributed by atoms with Crippen LogP contribution in [0.2, 0.25) is 5.02 Å². The van der Waals surface area contributed by atoms with Gasteiger partial charge in [-0.15, -0.1) is 0 Å². The van der Waals surface area contributed by atoms with Gasteiger partial charge in [0.05, 0.1) is 11.4 Å². The Balaban J connectivity index is 2.20. The van der Waals surface area contributed by atoms with E-state index in [4.69, 9.17) is 22.1 Å². The molecule has 0 radical (unpaired) electrons. The zero-order valence-electron chi connectivity index (χ0n) is 11.0. The normalized spacial score (nSPS) is 10.1. The maximum absolute atomic E-state index is 11.3. The second kappa shape index (κ2) is 6.30. The van der Waals surface area contributed by atoms with E-state index in [1.54, 1.807) is 37.3 Å². The summed E-state index contributed by atoms with van der Waals surface area (Å²) in [6.07, 6.45) is 0.324. The molecule has 5 heteroatoms. The van der Waals surface area contributed by atoms with E-state index in [-0.39, 0.29) is 5.97 Å². The summed E-state index contributed by atoms with van der Waals surface area (Å²) in [7, 11) is 0. The second-order valence-electron chi connectivity index (χ2n) is 4.21. The first-order chi connectivity index (χ1) is 9.58. The first-order valence-electron chi connectivity index (χ1n) is 6.21. The number of halogens is 1. The number of benzene rings is 2. The Kier molecular flexibility index (Phi) is 4.48. The van der Waals surface area contributed by atoms with E-state index in [2.05, 4.69) is 5.32 Å². The highest BCUT2D eigenvalue weighted by molar-refractivity contribution is 6.30. The summed E-state index contributed by atoms with van der Waals surface area (Å²) >= 11 is 5.83. The number of nitrogen functional groups attached to an aromatic ring is 1. The molecular formula is C15H15ClN2O2. The molecule has 0 aliphatic rings. The average Bonchev–Trinajstić information content (AvgIpc) is 2.45. The van der Waals surface area contributed by atoms with Gasteiger partial charge in [-0.1, -0.05) is 18.5 Å². The molecule has 0 unspecified atom stereocenters. The number of carbonyl (C=O) groups excluding carboxylic acids is 1. The SMILES string of the molecule is CCC(=O)Oc1ccc(N)c(Nc2ccc(Cl)cc2)c1. The molecule has 0 saturated carbocycles. The van der Waals surface area contributed by atoms with E-state index in [0.717, 1.165) is 5.69 Å². The zero-order valence-corrected chi connectivity index (χ0v) is 11.8. The van der Waals surface area contributed by atoms with Crippen LogP contribution in [0.25, 0.3) is 0 Å². The van der Waals surface area contributed by atoms with E-state index in [1.807, 2.05) is 12.1 Å². The van der Waals surface area contributed by atoms with Gasteiger partial charge in [-0.3, -0.25) is 4.79 Å². The number of ether oxygens (including phenoxy) is 1. The zero-order chi connectivity index (χ0) is 14.5. The van der Waals surface area contributed by atoms with Crippen LogP contribution in [0, 0.1) is 0 Å². The molecule has 2 aromatic carbocycles. The van der Waals surface area contributed by atoms with Gasteiger partial charge in [0.15, 0.2) is 0 Å². The summed E-state index contributed by atoms with van der Waals surface area (Å²) in [4.78, 5) is 11.3. The van der Waals surface area contributed by atoms with Crippen LogP contribution in [0.15, 0.2) is 42.5 Å². The molecule has 2 aromatic rings. The van der Waals surface area contributed by atoms with Gasteiger partial charge in [0, 0.05) is 23.2 Å². The minimum atomic E-state index is -0.285. The molecule has 0 bridgehead atoms. The van der Waals surface area contributed by atoms with Crippen LogP contribution in [0.4, 0.5) is 17.1 Å². The summed E-state index contributed by atoms with van der Waals surface area (Å²) in [5.74, 6) is 0.176. The van der Waals surface area contributed by atoms with Crippen molar-refractivity contribution in [2.75, 3.05) is 11.1 Å². The topological polar surface area (TPSA) is 64.3 Å². The fraction of sp³-hybridized carbons (Fsp3) is 0.133. The van der Waals surface area contributed by atoms with Crippen molar-refractivity contribution >= 4 is 34.6 Å². The predicted octanol–water partition coefficient (Wildman–Crippen LogP) is 3.98. The highest BCUT2D eigenvalue weighted by atomic mass is 35.5. The maximum Gasteiger partial charge on any atom is 0.310 e. The average molecular weight is 291 g/mol. The van der Waals surface area contributed by atoms with E-state index >= 15 is 0 Å². The van der Waals surface area contributed by atoms with Gasteiger partial charge in [-0.05, 0) is 36.4 Å². The Morgan fingerprint density at radius 2 is 1.95 bits per heavy atom. The van der Waals surface area contributed by atoms with Crippen molar-refractivity contribution in [2.45, 2.75) is 13.3 Å². The van der Waals surface area contributed by atoms with Crippen molar-refractivity contribution < 1.29 is 9.53 Å². The van der Waals surface area contributed by atoms with Crippen LogP contribution < -0.4 is 15.8 Å². The van der Waals surface area contributed by atoms with Crippen molar-refractivity contribution in [3.63, 3.8) is 0 Å². The Morgan fingerprint density at radius 3 is 2.60 bits per heavy atom. The Labute approximate surface area is 122 Å². The van der Waals surface area contributed by atoms with Crippen LogP contribution in [0.3, 0.4) is 0 Å². The molecular weight excluding hydrogens is 276 g/mol. The molecule has 2 rings (SSSR count). The lowest BCUT2D eigenvalue weighted by molar-refractivity contribution is -0.134. The number of nitrogens with two attached hydrogens (primary N) is 1. The first kappa shape index (κ1) is 14.2. The molecule has 0 aliphatic heterocycles. The summed E-state index contributed by atoms with van der Waals surface area (Å²) in [5, 5.41) is 3.82. The van der Waals surface area contributed by atoms with E-state index in [0.29, 0.717) is 28.6 Å². The fourth-order valence-electron chi connectivity index (χ4n) is 1.60. The van der Waals surface area contributed by atoms with Crippen LogP contribution in [0.1, 0.15) is 13.3 Å². The number of hydrogen-bond acceptors (Lipinski definition) is 4. The van der Waals surface area contributed by atoms with Crippen molar-refractivity contribution in [1.29, 1.82) is 0 Å². The smallest absolute Gasteiger partial charge is 0.310 e. The van der Waals surface area contributed by atoms with Crippen LogP contribution in [0.5, 0.6) is 5.75 Å². The number of carbonyl (C=O) groups is 1. The third-order valence-corrected chi connectivity index (χ3v) is 2.92. The van der Waals surface area contributed by atoms with Gasteiger partial charge in [0.1, 0.15) is 5.75 Å². The third-order valence-electron chi connectivity index (χ3n) is 2.67. The van der Waals surface area contributed by atoms with Gasteiger partial charge < -0.3 is 15.8 Å². The Hall–Kier alpha value is -2.20. The maximum atomic E-state index is 11.3. The lowest BCUT2D eigenvalue weighted by atomic mass is 10.2. The van der Waals surface area contributed by atoms with E-state index in [1.165, 1.54) is 0 Å². The third kappa shape index (κ3) is 3.65. The summed E-state index contributed by atoms with van der Waals surface area (Å²) in [6.45, 7) is 1.74. The first-order valence-corrected chi connectivity index (χ1v) is 6.59. The summed E-state index contributed by atoms with van der Waals surface area (Å²) < 4.78 is 5.16. The molecule has 0 atom stereocenters. The predicted molar refractivity (Wildman–Crippen MR) is 81.5 cm³/mol. The molecule has 0 saturated heterocycles. The lowest BCUT2D eigenvalue weighted by Gasteiger charge is -2.11. The molecule has 0 amide bonds. The van der Waals surface area contributed by atoms with Crippen LogP contribution in [-0.4, -0.2) is 5.97 Å². The molecule has 0 heterocycles. The van der Waals surface area contributed by atoms with Crippen molar-refractivity contribution in [2.24, 2.45) is 0 Å². The highest BCUT2D eigenvalue weighted by Crippen LogP contribution is 2.28. The Morgan fingerprint density at radius 1 is 1.25 bits per heavy atom. The molecule has 20 heavy (non-hydrogen) atoms. The summed E-state index contributed by atoms with van der Waals surface area (Å²) in [5.41, 5.74) is 7.99. The van der Waals surface area contributed by atoms with Crippen molar-refractivity contribution in [3.8, 4) is 5.75 Å². The number of esters is 1. The molecule has 3 N–H and O–H groups in total. The molecule has 0 spiro atoms. The van der Waals surface area contributed by atoms with Crippen molar-refractivity contribution in [1.82, 2.24) is 0 Å². The van der Waals surface area contributed by atoms with Gasteiger partial charge in [0.25, 0.3) is 0 Å². The standard InChI is InChI=1S/C15H15ClN2O2/c1-2-15(19)20-12-7-8-13(17)14(9-12)18-11-5-3-10(16)4-6-11/h3-9,18H,2,17H2,1H3. The second-order valence-corrected chi connectivity index (χ2v) is 4.65. The number of hydrogen-bond donors (Lipinski definition) is 2. The number of rotatable bonds is 4. The molecule has 4 nitrogen and oxygen atoms in total.